The number of aromatic nitrogens is 1. The van der Waals surface area contributed by atoms with Crippen molar-refractivity contribution in [1.29, 1.82) is 0 Å². The summed E-state index contributed by atoms with van der Waals surface area (Å²) in [4.78, 5) is 0. The molecular formula is C19H34FN. The van der Waals surface area contributed by atoms with Gasteiger partial charge in [0.05, 0.1) is 5.69 Å². The Morgan fingerprint density at radius 2 is 1.52 bits per heavy atom. The van der Waals surface area contributed by atoms with Gasteiger partial charge in [-0.25, -0.2) is 4.39 Å². The standard InChI is InChI=1S/C19H34FN/c1-6-8-10-12-14-19(4,13-11-9-7-2)18-17(20)15-16(3)21(18)5/h15H,6-14H2,1-5H3. The first-order valence-corrected chi connectivity index (χ1v) is 8.78. The second kappa shape index (κ2) is 8.60. The van der Waals surface area contributed by atoms with E-state index in [-0.39, 0.29) is 11.2 Å². The summed E-state index contributed by atoms with van der Waals surface area (Å²) in [5, 5.41) is 0. The Bertz CT molecular complexity index is 421. The molecule has 0 aliphatic carbocycles. The van der Waals surface area contributed by atoms with Crippen LogP contribution in [0.5, 0.6) is 0 Å². The van der Waals surface area contributed by atoms with Crippen molar-refractivity contribution < 1.29 is 4.39 Å². The van der Waals surface area contributed by atoms with Gasteiger partial charge in [0.25, 0.3) is 0 Å². The third kappa shape index (κ3) is 4.86. The normalized spacial score (nSPS) is 14.4. The average Bonchev–Trinajstić information content (AvgIpc) is 2.69. The van der Waals surface area contributed by atoms with Gasteiger partial charge >= 0.3 is 0 Å². The predicted octanol–water partition coefficient (Wildman–Crippen LogP) is 6.28. The van der Waals surface area contributed by atoms with Gasteiger partial charge in [0, 0.05) is 18.2 Å². The van der Waals surface area contributed by atoms with E-state index >= 15 is 0 Å². The lowest BCUT2D eigenvalue weighted by Gasteiger charge is -2.31. The van der Waals surface area contributed by atoms with Crippen LogP contribution in [0.1, 0.15) is 89.9 Å². The molecule has 1 heterocycles. The first-order chi connectivity index (χ1) is 9.96. The number of unbranched alkanes of at least 4 members (excludes halogenated alkanes) is 5. The fourth-order valence-corrected chi connectivity index (χ4v) is 3.45. The molecule has 0 saturated carbocycles. The highest BCUT2D eigenvalue weighted by atomic mass is 19.1. The predicted molar refractivity (Wildman–Crippen MR) is 90.4 cm³/mol. The average molecular weight is 295 g/mol. The van der Waals surface area contributed by atoms with Crippen molar-refractivity contribution in [2.24, 2.45) is 7.05 Å². The van der Waals surface area contributed by atoms with Gasteiger partial charge in [-0.3, -0.25) is 0 Å². The SMILES string of the molecule is CCCCCCC(C)(CCCCC)c1c(F)cc(C)n1C. The van der Waals surface area contributed by atoms with Crippen molar-refractivity contribution in [3.05, 3.63) is 23.3 Å². The van der Waals surface area contributed by atoms with Crippen LogP contribution < -0.4 is 0 Å². The van der Waals surface area contributed by atoms with Crippen LogP contribution >= 0.6 is 0 Å². The molecule has 1 aromatic heterocycles. The Morgan fingerprint density at radius 3 is 2.00 bits per heavy atom. The first-order valence-electron chi connectivity index (χ1n) is 8.78. The van der Waals surface area contributed by atoms with E-state index in [2.05, 4.69) is 25.3 Å². The summed E-state index contributed by atoms with van der Waals surface area (Å²) in [5.74, 6) is -0.00973. The molecule has 0 aliphatic rings. The molecule has 1 nitrogen and oxygen atoms in total. The maximum absolute atomic E-state index is 14.4. The van der Waals surface area contributed by atoms with Gasteiger partial charge in [-0.2, -0.15) is 0 Å². The number of hydrogen-bond acceptors (Lipinski definition) is 0. The highest BCUT2D eigenvalue weighted by Crippen LogP contribution is 2.37. The van der Waals surface area contributed by atoms with Crippen LogP contribution in [0, 0.1) is 12.7 Å². The van der Waals surface area contributed by atoms with Gasteiger partial charge in [0.15, 0.2) is 0 Å². The summed E-state index contributed by atoms with van der Waals surface area (Å²) in [6, 6.07) is 1.69. The summed E-state index contributed by atoms with van der Waals surface area (Å²) in [5.41, 5.74) is 1.93. The van der Waals surface area contributed by atoms with Crippen LogP contribution in [0.3, 0.4) is 0 Å². The molecule has 0 aromatic carbocycles. The molecule has 0 fully saturated rings. The lowest BCUT2D eigenvalue weighted by atomic mass is 9.76. The Hall–Kier alpha value is -0.790. The van der Waals surface area contributed by atoms with Crippen molar-refractivity contribution in [2.75, 3.05) is 0 Å². The smallest absolute Gasteiger partial charge is 0.144 e. The van der Waals surface area contributed by atoms with E-state index in [0.717, 1.165) is 24.2 Å². The summed E-state index contributed by atoms with van der Waals surface area (Å²) in [6.45, 7) is 8.73. The number of aryl methyl sites for hydroxylation is 1. The summed E-state index contributed by atoms with van der Waals surface area (Å²) in [7, 11) is 2.01. The highest BCUT2D eigenvalue weighted by Gasteiger charge is 2.32. The Kier molecular flexibility index (Phi) is 7.48. The monoisotopic (exact) mass is 295 g/mol. The van der Waals surface area contributed by atoms with Crippen molar-refractivity contribution in [3.8, 4) is 0 Å². The quantitative estimate of drug-likeness (QED) is 0.448. The van der Waals surface area contributed by atoms with Gasteiger partial charge in [-0.15, -0.1) is 0 Å². The molecule has 1 unspecified atom stereocenters. The maximum Gasteiger partial charge on any atom is 0.144 e. The van der Waals surface area contributed by atoms with E-state index in [0.29, 0.717) is 0 Å². The van der Waals surface area contributed by atoms with Crippen LogP contribution in [-0.2, 0) is 12.5 Å². The minimum absolute atomic E-state index is 0.00973. The van der Waals surface area contributed by atoms with E-state index in [1.54, 1.807) is 6.07 Å². The van der Waals surface area contributed by atoms with Crippen molar-refractivity contribution in [1.82, 2.24) is 4.57 Å². The molecule has 0 saturated heterocycles. The lowest BCUT2D eigenvalue weighted by Crippen LogP contribution is -2.26. The Morgan fingerprint density at radius 1 is 1.00 bits per heavy atom. The lowest BCUT2D eigenvalue weighted by molar-refractivity contribution is 0.335. The topological polar surface area (TPSA) is 4.93 Å². The third-order valence-corrected chi connectivity index (χ3v) is 4.91. The first kappa shape index (κ1) is 18.3. The van der Waals surface area contributed by atoms with Gasteiger partial charge < -0.3 is 4.57 Å². The Balaban J connectivity index is 2.88. The molecule has 21 heavy (non-hydrogen) atoms. The zero-order valence-electron chi connectivity index (χ0n) is 14.8. The maximum atomic E-state index is 14.4. The highest BCUT2D eigenvalue weighted by molar-refractivity contribution is 5.25. The van der Waals surface area contributed by atoms with Crippen LogP contribution in [0.25, 0.3) is 0 Å². The van der Waals surface area contributed by atoms with Gasteiger partial charge in [0.2, 0.25) is 0 Å². The van der Waals surface area contributed by atoms with E-state index in [4.69, 9.17) is 0 Å². The Labute approximate surface area is 130 Å². The van der Waals surface area contributed by atoms with Crippen molar-refractivity contribution >= 4 is 0 Å². The van der Waals surface area contributed by atoms with Crippen LogP contribution in [0.4, 0.5) is 4.39 Å². The number of rotatable bonds is 10. The summed E-state index contributed by atoms with van der Waals surface area (Å²) in [6.07, 6.45) is 10.9. The molecule has 0 aliphatic heterocycles. The number of nitrogens with zero attached hydrogens (tertiary/aromatic N) is 1. The third-order valence-electron chi connectivity index (χ3n) is 4.91. The zero-order valence-corrected chi connectivity index (χ0v) is 14.8. The largest absolute Gasteiger partial charge is 0.349 e. The molecular weight excluding hydrogens is 261 g/mol. The van der Waals surface area contributed by atoms with E-state index in [1.807, 2.05) is 14.0 Å². The molecule has 0 amide bonds. The number of halogens is 1. The van der Waals surface area contributed by atoms with Crippen LogP contribution in [-0.4, -0.2) is 4.57 Å². The van der Waals surface area contributed by atoms with E-state index < -0.39 is 0 Å². The second-order valence-electron chi connectivity index (χ2n) is 6.87. The molecule has 0 N–H and O–H groups in total. The minimum atomic E-state index is -0.0179. The van der Waals surface area contributed by atoms with Crippen LogP contribution in [0.2, 0.25) is 0 Å². The molecule has 0 radical (unpaired) electrons. The number of hydrogen-bond donors (Lipinski definition) is 0. The molecule has 122 valence electrons. The van der Waals surface area contributed by atoms with Crippen LogP contribution in [0.15, 0.2) is 6.07 Å². The molecule has 1 atom stereocenters. The molecule has 0 bridgehead atoms. The zero-order chi connectivity index (χ0) is 15.9. The van der Waals surface area contributed by atoms with Gasteiger partial charge in [0.1, 0.15) is 5.82 Å². The van der Waals surface area contributed by atoms with Gasteiger partial charge in [-0.05, 0) is 25.8 Å². The minimum Gasteiger partial charge on any atom is -0.349 e. The van der Waals surface area contributed by atoms with Crippen molar-refractivity contribution in [3.63, 3.8) is 0 Å². The fraction of sp³-hybridized carbons (Fsp3) is 0.789. The van der Waals surface area contributed by atoms with E-state index in [9.17, 15) is 4.39 Å². The molecule has 1 rings (SSSR count). The molecule has 1 aromatic rings. The second-order valence-corrected chi connectivity index (χ2v) is 6.87. The fourth-order valence-electron chi connectivity index (χ4n) is 3.45. The van der Waals surface area contributed by atoms with E-state index in [1.165, 1.54) is 44.9 Å². The van der Waals surface area contributed by atoms with Gasteiger partial charge in [-0.1, -0.05) is 65.7 Å². The summed E-state index contributed by atoms with van der Waals surface area (Å²) >= 11 is 0. The van der Waals surface area contributed by atoms with Crippen molar-refractivity contribution in [2.45, 2.75) is 90.9 Å². The molecule has 2 heteroatoms. The molecule has 0 spiro atoms. The summed E-state index contributed by atoms with van der Waals surface area (Å²) < 4.78 is 16.5.